The summed E-state index contributed by atoms with van der Waals surface area (Å²) in [5.74, 6) is 0.558. The average Bonchev–Trinajstić information content (AvgIpc) is 3.21. The Kier molecular flexibility index (Phi) is 6.46. The highest BCUT2D eigenvalue weighted by atomic mass is 35.5. The van der Waals surface area contributed by atoms with E-state index in [9.17, 15) is 9.18 Å². The van der Waals surface area contributed by atoms with E-state index >= 15 is 0 Å². The molecule has 0 aliphatic carbocycles. The van der Waals surface area contributed by atoms with Gasteiger partial charge in [-0.1, -0.05) is 23.7 Å². The normalized spacial score (nSPS) is 11.8. The van der Waals surface area contributed by atoms with Gasteiger partial charge in [0.05, 0.1) is 11.6 Å². The molecule has 1 unspecified atom stereocenters. The van der Waals surface area contributed by atoms with Gasteiger partial charge in [0, 0.05) is 11.6 Å². The minimum Gasteiger partial charge on any atom is -0.481 e. The number of fused-ring (bicyclic) bond motifs is 1. The number of carbonyl (C=O) groups is 1. The maximum absolute atomic E-state index is 13.0. The van der Waals surface area contributed by atoms with Gasteiger partial charge >= 0.3 is 0 Å². The van der Waals surface area contributed by atoms with Gasteiger partial charge in [-0.2, -0.15) is 4.52 Å². The maximum atomic E-state index is 13.0. The van der Waals surface area contributed by atoms with Crippen LogP contribution in [-0.2, 0) is 4.79 Å². The average molecular weight is 456 g/mol. The van der Waals surface area contributed by atoms with Crippen molar-refractivity contribution in [3.05, 3.63) is 71.5 Å². The zero-order valence-electron chi connectivity index (χ0n) is 17.0. The van der Waals surface area contributed by atoms with Crippen molar-refractivity contribution >= 4 is 23.2 Å². The largest absolute Gasteiger partial charge is 0.481 e. The molecule has 0 fully saturated rings. The van der Waals surface area contributed by atoms with E-state index in [-0.39, 0.29) is 24.9 Å². The van der Waals surface area contributed by atoms with E-state index in [2.05, 4.69) is 20.6 Å². The fourth-order valence-electron chi connectivity index (χ4n) is 2.90. The van der Waals surface area contributed by atoms with Crippen LogP contribution in [0.4, 0.5) is 4.39 Å². The number of benzene rings is 2. The first kappa shape index (κ1) is 21.5. The molecule has 1 amide bonds. The molecule has 0 spiro atoms. The third kappa shape index (κ3) is 4.94. The highest BCUT2D eigenvalue weighted by Crippen LogP contribution is 2.26. The number of nitrogens with one attached hydrogen (secondary N) is 1. The molecule has 0 bridgehead atoms. The second kappa shape index (κ2) is 9.61. The lowest BCUT2D eigenvalue weighted by molar-refractivity contribution is -0.127. The Balaban J connectivity index is 1.32. The molecule has 10 heteroatoms. The van der Waals surface area contributed by atoms with Crippen LogP contribution in [0.1, 0.15) is 6.92 Å². The number of hydrogen-bond acceptors (Lipinski definition) is 6. The Morgan fingerprint density at radius 1 is 1.12 bits per heavy atom. The quantitative estimate of drug-likeness (QED) is 0.409. The summed E-state index contributed by atoms with van der Waals surface area (Å²) >= 11 is 6.26. The van der Waals surface area contributed by atoms with Gasteiger partial charge < -0.3 is 14.8 Å². The standard InChI is InChI=1S/C22H19ClFN5O3/c1-14(32-16-8-6-15(24)7-9-16)22(30)25-12-13-31-20-11-10-19-26-27-21(29(19)28-20)17-4-2-3-5-18(17)23/h2-11,14H,12-13H2,1H3,(H,25,30). The molecule has 0 saturated carbocycles. The van der Waals surface area contributed by atoms with E-state index < -0.39 is 6.10 Å². The Hall–Kier alpha value is -3.72. The van der Waals surface area contributed by atoms with Gasteiger partial charge in [-0.3, -0.25) is 4.79 Å². The zero-order chi connectivity index (χ0) is 22.5. The fourth-order valence-corrected chi connectivity index (χ4v) is 3.12. The summed E-state index contributed by atoms with van der Waals surface area (Å²) in [6.45, 7) is 2.05. The number of amides is 1. The number of hydrogen-bond donors (Lipinski definition) is 1. The number of carbonyl (C=O) groups excluding carboxylic acids is 1. The van der Waals surface area contributed by atoms with Crippen molar-refractivity contribution in [2.24, 2.45) is 0 Å². The van der Waals surface area contributed by atoms with Crippen LogP contribution in [0.5, 0.6) is 11.6 Å². The third-order valence-corrected chi connectivity index (χ3v) is 4.83. The molecule has 0 saturated heterocycles. The molecule has 164 valence electrons. The maximum Gasteiger partial charge on any atom is 0.260 e. The molecule has 2 aromatic heterocycles. The van der Waals surface area contributed by atoms with Crippen molar-refractivity contribution in [3.8, 4) is 23.0 Å². The lowest BCUT2D eigenvalue weighted by Gasteiger charge is -2.14. The zero-order valence-corrected chi connectivity index (χ0v) is 17.8. The van der Waals surface area contributed by atoms with Crippen LogP contribution >= 0.6 is 11.6 Å². The smallest absolute Gasteiger partial charge is 0.260 e. The van der Waals surface area contributed by atoms with E-state index in [1.807, 2.05) is 18.2 Å². The molecule has 0 aliphatic heterocycles. The minimum atomic E-state index is -0.745. The summed E-state index contributed by atoms with van der Waals surface area (Å²) in [6.07, 6.45) is -0.745. The number of rotatable bonds is 8. The predicted octanol–water partition coefficient (Wildman–Crippen LogP) is 3.55. The van der Waals surface area contributed by atoms with Gasteiger partial charge in [-0.05, 0) is 49.4 Å². The fraction of sp³-hybridized carbons (Fsp3) is 0.182. The molecular formula is C22H19ClFN5O3. The molecule has 1 N–H and O–H groups in total. The van der Waals surface area contributed by atoms with Crippen LogP contribution in [0.2, 0.25) is 5.02 Å². The highest BCUT2D eigenvalue weighted by molar-refractivity contribution is 6.33. The van der Waals surface area contributed by atoms with Gasteiger partial charge in [-0.25, -0.2) is 4.39 Å². The summed E-state index contributed by atoms with van der Waals surface area (Å²) in [5, 5.41) is 15.9. The van der Waals surface area contributed by atoms with Gasteiger partial charge in [-0.15, -0.1) is 15.3 Å². The monoisotopic (exact) mass is 455 g/mol. The first-order valence-electron chi connectivity index (χ1n) is 9.81. The molecule has 32 heavy (non-hydrogen) atoms. The van der Waals surface area contributed by atoms with Crippen LogP contribution in [-0.4, -0.2) is 45.0 Å². The Bertz CT molecular complexity index is 1230. The van der Waals surface area contributed by atoms with Crippen LogP contribution < -0.4 is 14.8 Å². The van der Waals surface area contributed by atoms with Gasteiger partial charge in [0.15, 0.2) is 17.6 Å². The van der Waals surface area contributed by atoms with Crippen molar-refractivity contribution in [2.45, 2.75) is 13.0 Å². The summed E-state index contributed by atoms with van der Waals surface area (Å²) in [5.41, 5.74) is 1.25. The van der Waals surface area contributed by atoms with E-state index in [4.69, 9.17) is 21.1 Å². The van der Waals surface area contributed by atoms with Crippen molar-refractivity contribution in [2.75, 3.05) is 13.2 Å². The molecular weight excluding hydrogens is 437 g/mol. The van der Waals surface area contributed by atoms with Crippen molar-refractivity contribution in [1.82, 2.24) is 25.1 Å². The first-order valence-corrected chi connectivity index (χ1v) is 10.2. The lowest BCUT2D eigenvalue weighted by Crippen LogP contribution is -2.38. The molecule has 8 nitrogen and oxygen atoms in total. The second-order valence-electron chi connectivity index (χ2n) is 6.80. The molecule has 4 rings (SSSR count). The number of ether oxygens (including phenoxy) is 2. The molecule has 2 heterocycles. The Morgan fingerprint density at radius 3 is 2.69 bits per heavy atom. The Morgan fingerprint density at radius 2 is 1.91 bits per heavy atom. The van der Waals surface area contributed by atoms with E-state index in [0.717, 1.165) is 0 Å². The molecule has 4 aromatic rings. The molecule has 2 aromatic carbocycles. The number of nitrogens with zero attached hydrogens (tertiary/aromatic N) is 4. The predicted molar refractivity (Wildman–Crippen MR) is 116 cm³/mol. The topological polar surface area (TPSA) is 90.6 Å². The van der Waals surface area contributed by atoms with E-state index in [1.54, 1.807) is 29.6 Å². The Labute approximate surface area is 187 Å². The van der Waals surface area contributed by atoms with Gasteiger partial charge in [0.1, 0.15) is 18.2 Å². The first-order chi connectivity index (χ1) is 15.5. The second-order valence-corrected chi connectivity index (χ2v) is 7.21. The lowest BCUT2D eigenvalue weighted by atomic mass is 10.2. The number of aromatic nitrogens is 4. The molecule has 0 aliphatic rings. The van der Waals surface area contributed by atoms with E-state index in [0.29, 0.717) is 33.7 Å². The van der Waals surface area contributed by atoms with Crippen molar-refractivity contribution in [1.29, 1.82) is 0 Å². The number of halogens is 2. The van der Waals surface area contributed by atoms with Crippen LogP contribution in [0.25, 0.3) is 17.0 Å². The van der Waals surface area contributed by atoms with Gasteiger partial charge in [0.25, 0.3) is 5.91 Å². The summed E-state index contributed by atoms with van der Waals surface area (Å²) < 4.78 is 25.6. The van der Waals surface area contributed by atoms with Crippen LogP contribution in [0, 0.1) is 5.82 Å². The third-order valence-electron chi connectivity index (χ3n) is 4.50. The van der Waals surface area contributed by atoms with Crippen molar-refractivity contribution < 1.29 is 18.7 Å². The summed E-state index contributed by atoms with van der Waals surface area (Å²) in [7, 11) is 0. The highest BCUT2D eigenvalue weighted by Gasteiger charge is 2.15. The summed E-state index contributed by atoms with van der Waals surface area (Å²) in [4.78, 5) is 12.2. The summed E-state index contributed by atoms with van der Waals surface area (Å²) in [6, 6.07) is 16.1. The molecule has 0 radical (unpaired) electrons. The van der Waals surface area contributed by atoms with Crippen molar-refractivity contribution in [3.63, 3.8) is 0 Å². The minimum absolute atomic E-state index is 0.192. The van der Waals surface area contributed by atoms with Crippen LogP contribution in [0.3, 0.4) is 0 Å². The molecule has 1 atom stereocenters. The van der Waals surface area contributed by atoms with E-state index in [1.165, 1.54) is 24.3 Å². The van der Waals surface area contributed by atoms with Crippen LogP contribution in [0.15, 0.2) is 60.7 Å². The SMILES string of the molecule is CC(Oc1ccc(F)cc1)C(=O)NCCOc1ccc2nnc(-c3ccccc3Cl)n2n1. The van der Waals surface area contributed by atoms with Gasteiger partial charge in [0.2, 0.25) is 5.88 Å².